The van der Waals surface area contributed by atoms with Crippen LogP contribution in [0.2, 0.25) is 0 Å². The quantitative estimate of drug-likeness (QED) is 0.302. The Morgan fingerprint density at radius 1 is 0.977 bits per heavy atom. The number of hydrogen-bond acceptors (Lipinski definition) is 4. The molecule has 44 heavy (non-hydrogen) atoms. The Bertz CT molecular complexity index is 1630. The van der Waals surface area contributed by atoms with Crippen LogP contribution in [0.5, 0.6) is 0 Å². The number of para-hydroxylation sites is 1. The number of rotatable bonds is 7. The fourth-order valence-corrected chi connectivity index (χ4v) is 6.58. The normalized spacial score (nSPS) is 16.6. The van der Waals surface area contributed by atoms with E-state index < -0.39 is 6.04 Å². The van der Waals surface area contributed by atoms with Crippen molar-refractivity contribution in [2.45, 2.75) is 38.3 Å². The van der Waals surface area contributed by atoms with Crippen LogP contribution >= 0.6 is 0 Å². The molecule has 8 nitrogen and oxygen atoms in total. The number of aryl methyl sites for hydroxylation is 1. The van der Waals surface area contributed by atoms with E-state index in [1.165, 1.54) is 12.1 Å². The second-order valence-electron chi connectivity index (χ2n) is 12.3. The Labute approximate surface area is 258 Å². The first-order valence-electron chi connectivity index (χ1n) is 15.5. The molecule has 0 aliphatic carbocycles. The van der Waals surface area contributed by atoms with Crippen molar-refractivity contribution in [3.05, 3.63) is 95.4 Å². The molecular weight excluding hydrogens is 555 g/mol. The smallest absolute Gasteiger partial charge is 0.318 e. The van der Waals surface area contributed by atoms with Gasteiger partial charge in [0.1, 0.15) is 11.9 Å². The number of carbonyl (C=O) groups is 2. The number of hydrogen-bond donors (Lipinski definition) is 2. The summed E-state index contributed by atoms with van der Waals surface area (Å²) in [6.07, 6.45) is 3.76. The number of piperazine rings is 1. The Hall–Kier alpha value is -4.37. The van der Waals surface area contributed by atoms with Crippen molar-refractivity contribution in [2.24, 2.45) is 0 Å². The van der Waals surface area contributed by atoms with E-state index >= 15 is 0 Å². The topological polar surface area (TPSA) is 74.9 Å². The minimum Gasteiger partial charge on any atom is -0.368 e. The molecule has 2 aliphatic heterocycles. The molecule has 0 radical (unpaired) electrons. The monoisotopic (exact) mass is 596 g/mol. The van der Waals surface area contributed by atoms with E-state index in [-0.39, 0.29) is 23.7 Å². The summed E-state index contributed by atoms with van der Waals surface area (Å²) in [7, 11) is 4.08. The average Bonchev–Trinajstić information content (AvgIpc) is 3.47. The number of nitrogens with one attached hydrogen (secondary N) is 2. The third kappa shape index (κ3) is 6.15. The van der Waals surface area contributed by atoms with Crippen molar-refractivity contribution in [3.63, 3.8) is 0 Å². The predicted octanol–water partition coefficient (Wildman–Crippen LogP) is 5.35. The summed E-state index contributed by atoms with van der Waals surface area (Å²) in [5.74, 6) is -0.639. The number of urea groups is 1. The summed E-state index contributed by atoms with van der Waals surface area (Å²) >= 11 is 0. The minimum atomic E-state index is -0.764. The fraction of sp³-hybridized carbons (Fsp3) is 0.371. The van der Waals surface area contributed by atoms with Crippen LogP contribution in [-0.4, -0.2) is 79.6 Å². The number of carbonyl (C=O) groups excluding carboxylic acids is 2. The zero-order valence-corrected chi connectivity index (χ0v) is 25.7. The molecule has 3 heterocycles. The molecule has 2 aliphatic rings. The standard InChI is InChI=1S/C35H41FN6O2/c1-24(30-22-37-31-9-5-4-8-29(30)31)33(34(43)42-16-6-7-26-11-10-25(21-32(26)42)23-39(2)3)38-35(44)41-19-17-40(18-20-41)28-14-12-27(36)13-15-28/h4-5,8-15,21-22,24,33,37H,6-7,16-20,23H2,1-3H3,(H,38,44)/t24-,33+/m0/s1. The van der Waals surface area contributed by atoms with Gasteiger partial charge in [-0.1, -0.05) is 37.3 Å². The molecule has 6 rings (SSSR count). The number of fused-ring (bicyclic) bond motifs is 2. The van der Waals surface area contributed by atoms with Crippen LogP contribution in [0, 0.1) is 5.82 Å². The molecule has 4 aromatic rings. The Morgan fingerprint density at radius 2 is 1.73 bits per heavy atom. The third-order valence-corrected chi connectivity index (χ3v) is 8.95. The number of amides is 3. The maximum absolute atomic E-state index is 14.6. The van der Waals surface area contributed by atoms with Gasteiger partial charge in [0, 0.05) is 73.7 Å². The molecule has 230 valence electrons. The van der Waals surface area contributed by atoms with Crippen molar-refractivity contribution in [1.82, 2.24) is 20.1 Å². The van der Waals surface area contributed by atoms with Crippen LogP contribution in [0.3, 0.4) is 0 Å². The van der Waals surface area contributed by atoms with Crippen molar-refractivity contribution < 1.29 is 14.0 Å². The number of H-pyrrole nitrogens is 1. The van der Waals surface area contributed by atoms with Crippen molar-refractivity contribution in [3.8, 4) is 0 Å². The van der Waals surface area contributed by atoms with Gasteiger partial charge in [0.2, 0.25) is 5.91 Å². The highest BCUT2D eigenvalue weighted by Gasteiger charge is 2.36. The molecule has 0 saturated carbocycles. The van der Waals surface area contributed by atoms with Gasteiger partial charge in [-0.3, -0.25) is 4.79 Å². The average molecular weight is 597 g/mol. The van der Waals surface area contributed by atoms with E-state index in [0.717, 1.165) is 58.4 Å². The summed E-state index contributed by atoms with van der Waals surface area (Å²) in [5, 5.41) is 4.23. The summed E-state index contributed by atoms with van der Waals surface area (Å²) < 4.78 is 13.4. The lowest BCUT2D eigenvalue weighted by atomic mass is 9.90. The summed E-state index contributed by atoms with van der Waals surface area (Å²) in [5.41, 5.74) is 6.19. The Kier molecular flexibility index (Phi) is 8.57. The Morgan fingerprint density at radius 3 is 2.48 bits per heavy atom. The number of aromatic amines is 1. The van der Waals surface area contributed by atoms with Gasteiger partial charge in [0.05, 0.1) is 0 Å². The highest BCUT2D eigenvalue weighted by molar-refractivity contribution is 6.01. The molecule has 2 N–H and O–H groups in total. The molecule has 3 aromatic carbocycles. The van der Waals surface area contributed by atoms with Crippen molar-refractivity contribution in [1.29, 1.82) is 0 Å². The van der Waals surface area contributed by atoms with E-state index in [1.54, 1.807) is 17.0 Å². The second-order valence-corrected chi connectivity index (χ2v) is 12.3. The van der Waals surface area contributed by atoms with Gasteiger partial charge in [0.25, 0.3) is 0 Å². The molecule has 0 spiro atoms. The first-order valence-corrected chi connectivity index (χ1v) is 15.5. The summed E-state index contributed by atoms with van der Waals surface area (Å²) in [6.45, 7) is 5.69. The largest absolute Gasteiger partial charge is 0.368 e. The molecule has 1 saturated heterocycles. The highest BCUT2D eigenvalue weighted by atomic mass is 19.1. The van der Waals surface area contributed by atoms with Gasteiger partial charge < -0.3 is 29.9 Å². The van der Waals surface area contributed by atoms with Gasteiger partial charge in [-0.25, -0.2) is 9.18 Å². The minimum absolute atomic E-state index is 0.0935. The molecule has 0 bridgehead atoms. The number of benzene rings is 3. The molecule has 2 atom stereocenters. The molecule has 1 fully saturated rings. The highest BCUT2D eigenvalue weighted by Crippen LogP contribution is 2.33. The first-order chi connectivity index (χ1) is 21.3. The zero-order valence-electron chi connectivity index (χ0n) is 25.7. The maximum atomic E-state index is 14.6. The zero-order chi connectivity index (χ0) is 30.8. The molecular formula is C35H41FN6O2. The van der Waals surface area contributed by atoms with Crippen LogP contribution in [0.4, 0.5) is 20.6 Å². The van der Waals surface area contributed by atoms with Crippen LogP contribution in [0.1, 0.15) is 36.0 Å². The summed E-state index contributed by atoms with van der Waals surface area (Å²) in [4.78, 5) is 39.7. The number of anilines is 2. The second kappa shape index (κ2) is 12.7. The van der Waals surface area contributed by atoms with Crippen LogP contribution in [-0.2, 0) is 17.8 Å². The lowest BCUT2D eigenvalue weighted by Gasteiger charge is -2.38. The lowest BCUT2D eigenvalue weighted by Crippen LogP contribution is -2.58. The molecule has 0 unspecified atom stereocenters. The van der Waals surface area contributed by atoms with Gasteiger partial charge in [0.15, 0.2) is 0 Å². The Balaban J connectivity index is 1.26. The van der Waals surface area contributed by atoms with Crippen LogP contribution in [0.15, 0.2) is 72.9 Å². The van der Waals surface area contributed by atoms with Crippen LogP contribution < -0.4 is 15.1 Å². The third-order valence-electron chi connectivity index (χ3n) is 8.95. The predicted molar refractivity (Wildman–Crippen MR) is 174 cm³/mol. The summed E-state index contributed by atoms with van der Waals surface area (Å²) in [6, 6.07) is 19.9. The SMILES string of the molecule is C[C@@H](c1c[nH]c2ccccc12)[C@@H](NC(=O)N1CCN(c2ccc(F)cc2)CC1)C(=O)N1CCCc2ccc(CN(C)C)cc21. The van der Waals surface area contributed by atoms with Gasteiger partial charge in [-0.2, -0.15) is 0 Å². The van der Waals surface area contributed by atoms with E-state index in [2.05, 4.69) is 44.4 Å². The lowest BCUT2D eigenvalue weighted by molar-refractivity contribution is -0.121. The van der Waals surface area contributed by atoms with Crippen LogP contribution in [0.25, 0.3) is 10.9 Å². The van der Waals surface area contributed by atoms with Gasteiger partial charge >= 0.3 is 6.03 Å². The fourth-order valence-electron chi connectivity index (χ4n) is 6.58. The molecule has 3 amide bonds. The van der Waals surface area contributed by atoms with Gasteiger partial charge in [-0.15, -0.1) is 0 Å². The van der Waals surface area contributed by atoms with Crippen molar-refractivity contribution in [2.75, 3.05) is 56.6 Å². The van der Waals surface area contributed by atoms with E-state index in [1.807, 2.05) is 50.3 Å². The number of nitrogens with zero attached hydrogens (tertiary/aromatic N) is 4. The van der Waals surface area contributed by atoms with Crippen molar-refractivity contribution >= 4 is 34.2 Å². The van der Waals surface area contributed by atoms with E-state index in [0.29, 0.717) is 32.7 Å². The van der Waals surface area contributed by atoms with E-state index in [4.69, 9.17) is 0 Å². The van der Waals surface area contributed by atoms with E-state index in [9.17, 15) is 14.0 Å². The first kappa shape index (κ1) is 29.7. The van der Waals surface area contributed by atoms with Gasteiger partial charge in [-0.05, 0) is 80.0 Å². The molecule has 9 heteroatoms. The maximum Gasteiger partial charge on any atom is 0.318 e. The number of aromatic nitrogens is 1. The number of halogens is 1. The molecule has 1 aromatic heterocycles.